The lowest BCUT2D eigenvalue weighted by Crippen LogP contribution is -2.14. The Balaban J connectivity index is 1.36. The van der Waals surface area contributed by atoms with Crippen LogP contribution in [0.15, 0.2) is 48.5 Å². The summed E-state index contributed by atoms with van der Waals surface area (Å²) >= 11 is 0. The van der Waals surface area contributed by atoms with Crippen molar-refractivity contribution >= 4 is 33.2 Å². The number of benzene rings is 2. The highest BCUT2D eigenvalue weighted by atomic mass is 14.8. The van der Waals surface area contributed by atoms with E-state index in [0.717, 1.165) is 65.3 Å². The molecule has 2 unspecified atom stereocenters. The summed E-state index contributed by atoms with van der Waals surface area (Å²) in [6.07, 6.45) is 8.98. The van der Waals surface area contributed by atoms with Gasteiger partial charge in [-0.1, -0.05) is 42.8 Å². The quantitative estimate of drug-likeness (QED) is 0.397. The van der Waals surface area contributed by atoms with Gasteiger partial charge in [-0.25, -0.2) is 0 Å². The van der Waals surface area contributed by atoms with Crippen molar-refractivity contribution in [2.45, 2.75) is 57.3 Å². The van der Waals surface area contributed by atoms with Crippen LogP contribution in [-0.4, -0.2) is 9.97 Å². The van der Waals surface area contributed by atoms with Gasteiger partial charge in [-0.2, -0.15) is 0 Å². The number of rotatable bonds is 1. The highest BCUT2D eigenvalue weighted by Gasteiger charge is 2.33. The van der Waals surface area contributed by atoms with Crippen LogP contribution in [0.4, 0.5) is 11.4 Å². The average Bonchev–Trinajstić information content (AvgIpc) is 3.27. The van der Waals surface area contributed by atoms with Crippen LogP contribution < -0.4 is 11.5 Å². The Bertz CT molecular complexity index is 1330. The van der Waals surface area contributed by atoms with Gasteiger partial charge in [-0.05, 0) is 74.5 Å². The molecule has 32 heavy (non-hydrogen) atoms. The normalized spacial score (nSPS) is 21.0. The molecule has 0 saturated carbocycles. The maximum Gasteiger partial charge on any atom is 0.0726 e. The summed E-state index contributed by atoms with van der Waals surface area (Å²) in [6.45, 7) is 0. The number of anilines is 2. The second kappa shape index (κ2) is 7.77. The van der Waals surface area contributed by atoms with Crippen LogP contribution >= 0.6 is 0 Å². The zero-order valence-corrected chi connectivity index (χ0v) is 18.5. The monoisotopic (exact) mass is 422 g/mol. The van der Waals surface area contributed by atoms with E-state index in [0.29, 0.717) is 11.8 Å². The molecule has 2 atom stereocenters. The first-order valence-electron chi connectivity index (χ1n) is 12.0. The van der Waals surface area contributed by atoms with Crippen LogP contribution in [-0.2, 0) is 19.3 Å². The van der Waals surface area contributed by atoms with Gasteiger partial charge in [0.25, 0.3) is 0 Å². The molecule has 2 aliphatic rings. The van der Waals surface area contributed by atoms with E-state index in [4.69, 9.17) is 21.4 Å². The molecule has 2 aromatic heterocycles. The average molecular weight is 423 g/mol. The molecule has 4 heteroatoms. The van der Waals surface area contributed by atoms with Crippen LogP contribution in [0.3, 0.4) is 0 Å². The van der Waals surface area contributed by atoms with E-state index in [1.807, 2.05) is 6.07 Å². The number of hydrogen-bond donors (Lipinski definition) is 2. The van der Waals surface area contributed by atoms with Crippen LogP contribution in [0.5, 0.6) is 0 Å². The summed E-state index contributed by atoms with van der Waals surface area (Å²) in [4.78, 5) is 10.1. The van der Waals surface area contributed by atoms with Crippen molar-refractivity contribution in [2.24, 2.45) is 5.92 Å². The molecule has 0 saturated heterocycles. The Kier molecular flexibility index (Phi) is 4.74. The molecule has 2 aliphatic carbocycles. The molecule has 0 fully saturated rings. The van der Waals surface area contributed by atoms with E-state index >= 15 is 0 Å². The van der Waals surface area contributed by atoms with Gasteiger partial charge in [0.1, 0.15) is 0 Å². The Morgan fingerprint density at radius 3 is 2.09 bits per heavy atom. The van der Waals surface area contributed by atoms with Crippen molar-refractivity contribution in [2.75, 3.05) is 11.5 Å². The second-order valence-electron chi connectivity index (χ2n) is 9.56. The van der Waals surface area contributed by atoms with E-state index in [1.165, 1.54) is 41.8 Å². The molecule has 0 spiro atoms. The lowest BCUT2D eigenvalue weighted by atomic mass is 9.80. The summed E-state index contributed by atoms with van der Waals surface area (Å²) in [7, 11) is 0. The summed E-state index contributed by atoms with van der Waals surface area (Å²) in [5.74, 6) is 1.11. The van der Waals surface area contributed by atoms with Gasteiger partial charge in [-0.15, -0.1) is 0 Å². The molecule has 4 aromatic rings. The van der Waals surface area contributed by atoms with Crippen molar-refractivity contribution in [3.63, 3.8) is 0 Å². The molecule has 0 radical (unpaired) electrons. The molecule has 0 bridgehead atoms. The van der Waals surface area contributed by atoms with Crippen LogP contribution in [0, 0.1) is 5.92 Å². The number of hydrogen-bond acceptors (Lipinski definition) is 4. The van der Waals surface area contributed by atoms with Crippen molar-refractivity contribution in [3.05, 3.63) is 71.0 Å². The third-order valence-corrected chi connectivity index (χ3v) is 7.81. The summed E-state index contributed by atoms with van der Waals surface area (Å²) in [6, 6.07) is 16.6. The first kappa shape index (κ1) is 19.5. The molecule has 6 rings (SSSR count). The Morgan fingerprint density at radius 2 is 1.31 bits per heavy atom. The zero-order chi connectivity index (χ0) is 21.7. The molecule has 0 amide bonds. The standard InChI is InChI=1S/C28H30N4/c29-27-19-9-3-5-11-22(19)31-24-15-13-17(7-1-2-8-20(24)27)18-14-16-25-26(18)28(30)21-10-4-6-12-23(21)32-25/h3-6,9-12,17-18H,1-2,7-8,13-16H2,(H2,29,31)(H2,30,32). The van der Waals surface area contributed by atoms with Crippen molar-refractivity contribution in [1.29, 1.82) is 0 Å². The van der Waals surface area contributed by atoms with Gasteiger partial charge < -0.3 is 11.5 Å². The number of aromatic nitrogens is 2. The Labute approximate surface area is 189 Å². The molecule has 4 N–H and O–H groups in total. The van der Waals surface area contributed by atoms with Gasteiger partial charge in [-0.3, -0.25) is 9.97 Å². The third kappa shape index (κ3) is 3.12. The first-order chi connectivity index (χ1) is 15.7. The van der Waals surface area contributed by atoms with E-state index in [-0.39, 0.29) is 0 Å². The molecule has 0 aliphatic heterocycles. The van der Waals surface area contributed by atoms with E-state index in [9.17, 15) is 0 Å². The van der Waals surface area contributed by atoms with Crippen LogP contribution in [0.1, 0.15) is 60.5 Å². The number of fused-ring (bicyclic) bond motifs is 4. The van der Waals surface area contributed by atoms with Gasteiger partial charge in [0.15, 0.2) is 0 Å². The molecule has 2 aromatic carbocycles. The van der Waals surface area contributed by atoms with Crippen LogP contribution in [0.2, 0.25) is 0 Å². The van der Waals surface area contributed by atoms with Crippen LogP contribution in [0.25, 0.3) is 21.8 Å². The molecular formula is C28H30N4. The smallest absolute Gasteiger partial charge is 0.0726 e. The van der Waals surface area contributed by atoms with Gasteiger partial charge in [0.2, 0.25) is 0 Å². The fourth-order valence-electron chi connectivity index (χ4n) is 6.21. The van der Waals surface area contributed by atoms with E-state index < -0.39 is 0 Å². The van der Waals surface area contributed by atoms with E-state index in [1.54, 1.807) is 0 Å². The number of nitrogen functional groups attached to an aromatic ring is 2. The summed E-state index contributed by atoms with van der Waals surface area (Å²) in [5.41, 5.74) is 22.4. The lowest BCUT2D eigenvalue weighted by molar-refractivity contribution is 0.358. The fourth-order valence-corrected chi connectivity index (χ4v) is 6.21. The highest BCUT2D eigenvalue weighted by molar-refractivity contribution is 5.93. The highest BCUT2D eigenvalue weighted by Crippen LogP contribution is 2.46. The number of nitrogens with two attached hydrogens (primary N) is 2. The van der Waals surface area contributed by atoms with Crippen molar-refractivity contribution < 1.29 is 0 Å². The summed E-state index contributed by atoms with van der Waals surface area (Å²) < 4.78 is 0. The van der Waals surface area contributed by atoms with E-state index in [2.05, 4.69) is 42.5 Å². The molecule has 2 heterocycles. The molecule has 162 valence electrons. The van der Waals surface area contributed by atoms with Crippen molar-refractivity contribution in [3.8, 4) is 0 Å². The Hall–Kier alpha value is -3.14. The zero-order valence-electron chi connectivity index (χ0n) is 18.5. The minimum atomic E-state index is 0.501. The minimum absolute atomic E-state index is 0.501. The number of nitrogens with zero attached hydrogens (tertiary/aromatic N) is 2. The number of aryl methyl sites for hydroxylation is 2. The SMILES string of the molecule is Nc1c2c(nc3ccccc13)CCC(C1CCc3nc4ccccc4c(N)c31)CCCC2. The fraction of sp³-hybridized carbons (Fsp3) is 0.357. The predicted octanol–water partition coefficient (Wildman–Crippen LogP) is 5.95. The summed E-state index contributed by atoms with van der Waals surface area (Å²) in [5, 5.41) is 2.20. The number of pyridine rings is 2. The largest absolute Gasteiger partial charge is 0.398 e. The lowest BCUT2D eigenvalue weighted by Gasteiger charge is -2.25. The minimum Gasteiger partial charge on any atom is -0.398 e. The third-order valence-electron chi connectivity index (χ3n) is 7.81. The topological polar surface area (TPSA) is 77.8 Å². The second-order valence-corrected chi connectivity index (χ2v) is 9.56. The molecule has 4 nitrogen and oxygen atoms in total. The van der Waals surface area contributed by atoms with Gasteiger partial charge in [0.05, 0.1) is 11.0 Å². The Morgan fingerprint density at radius 1 is 0.656 bits per heavy atom. The maximum absolute atomic E-state index is 6.76. The number of para-hydroxylation sites is 2. The molecular weight excluding hydrogens is 392 g/mol. The van der Waals surface area contributed by atoms with Gasteiger partial charge in [0, 0.05) is 39.1 Å². The van der Waals surface area contributed by atoms with Gasteiger partial charge >= 0.3 is 0 Å². The maximum atomic E-state index is 6.76. The van der Waals surface area contributed by atoms with Crippen molar-refractivity contribution in [1.82, 2.24) is 9.97 Å². The predicted molar refractivity (Wildman–Crippen MR) is 133 cm³/mol. The first-order valence-corrected chi connectivity index (χ1v) is 12.0.